The fourth-order valence-corrected chi connectivity index (χ4v) is 6.80. The minimum Gasteiger partial charge on any atom is -0.493 e. The van der Waals surface area contributed by atoms with E-state index in [1.165, 1.54) is 0 Å². The molecule has 0 saturated heterocycles. The quantitative estimate of drug-likeness (QED) is 0.128. The van der Waals surface area contributed by atoms with Crippen LogP contribution in [0.25, 0.3) is 32.8 Å². The number of carboxylic acid groups (broad SMARTS) is 1. The molecule has 0 saturated carbocycles. The maximum atomic E-state index is 13.0. The molecule has 50 heavy (non-hydrogen) atoms. The highest BCUT2D eigenvalue weighted by Crippen LogP contribution is 2.39. The van der Waals surface area contributed by atoms with Gasteiger partial charge in [0.05, 0.1) is 30.1 Å². The molecule has 0 aliphatic carbocycles. The average molecular weight is 693 g/mol. The number of nitrogens with one attached hydrogen (secondary N) is 2. The van der Waals surface area contributed by atoms with E-state index in [1.54, 1.807) is 11.7 Å². The van der Waals surface area contributed by atoms with Crippen LogP contribution in [0, 0.1) is 0 Å². The number of aromatic carboxylic acids is 1. The van der Waals surface area contributed by atoms with Gasteiger partial charge in [-0.15, -0.1) is 0 Å². The standard InChI is InChI=1S/C34H36F3N5O3.C4H11N/c1-40-16-8-17-42-31-24(12-6-13-26(31)30-27(19-38-21-34(35,36)37)39-41(2)28(30)20-40)25(32(42)33(43)44)14-7-18-45-29-15-5-10-22-9-3-4-11-23(22)29;1-3-5-4-2/h3-6,9-13,15,38H,7-8,14,16-21H2,1-2H3,(H,43,44);5H,3-4H2,1-2H3. The zero-order valence-corrected chi connectivity index (χ0v) is 29.2. The van der Waals surface area contributed by atoms with Crippen molar-refractivity contribution in [1.29, 1.82) is 0 Å². The molecule has 0 unspecified atom stereocenters. The number of carboxylic acids is 1. The second kappa shape index (κ2) is 16.5. The van der Waals surface area contributed by atoms with Crippen molar-refractivity contribution >= 4 is 27.6 Å². The third kappa shape index (κ3) is 8.48. The molecule has 0 fully saturated rings. The van der Waals surface area contributed by atoms with Crippen molar-refractivity contribution in [1.82, 2.24) is 29.9 Å². The number of carbonyl (C=O) groups is 1. The molecule has 9 nitrogen and oxygen atoms in total. The Balaban J connectivity index is 0.000000908. The lowest BCUT2D eigenvalue weighted by atomic mass is 9.97. The predicted octanol–water partition coefficient (Wildman–Crippen LogP) is 7.01. The molecule has 3 N–H and O–H groups in total. The zero-order chi connectivity index (χ0) is 35.8. The Kier molecular flexibility index (Phi) is 12.2. The Morgan fingerprint density at radius 1 is 0.960 bits per heavy atom. The molecular weight excluding hydrogens is 645 g/mol. The fourth-order valence-electron chi connectivity index (χ4n) is 6.80. The summed E-state index contributed by atoms with van der Waals surface area (Å²) >= 11 is 0. The largest absolute Gasteiger partial charge is 0.493 e. The molecule has 6 rings (SSSR count). The van der Waals surface area contributed by atoms with Crippen LogP contribution in [0.5, 0.6) is 5.75 Å². The molecule has 12 heteroatoms. The number of hydrogen-bond donors (Lipinski definition) is 3. The van der Waals surface area contributed by atoms with Gasteiger partial charge < -0.3 is 29.9 Å². The maximum Gasteiger partial charge on any atom is 0.401 e. The van der Waals surface area contributed by atoms with Crippen LogP contribution in [0.15, 0.2) is 60.7 Å². The van der Waals surface area contributed by atoms with Gasteiger partial charge in [-0.3, -0.25) is 4.68 Å². The van der Waals surface area contributed by atoms with Gasteiger partial charge in [-0.1, -0.05) is 68.4 Å². The first-order valence-corrected chi connectivity index (χ1v) is 17.2. The normalized spacial score (nSPS) is 13.6. The second-order valence-corrected chi connectivity index (χ2v) is 12.6. The molecule has 268 valence electrons. The van der Waals surface area contributed by atoms with Crippen LogP contribution < -0.4 is 15.4 Å². The molecule has 3 heterocycles. The van der Waals surface area contributed by atoms with Crippen molar-refractivity contribution in [2.45, 2.75) is 58.9 Å². The van der Waals surface area contributed by atoms with E-state index in [9.17, 15) is 23.1 Å². The lowest BCUT2D eigenvalue weighted by molar-refractivity contribution is -0.125. The van der Waals surface area contributed by atoms with Crippen molar-refractivity contribution in [2.24, 2.45) is 7.05 Å². The number of nitrogens with zero attached hydrogens (tertiary/aromatic N) is 4. The van der Waals surface area contributed by atoms with Crippen LogP contribution in [-0.2, 0) is 33.1 Å². The number of alkyl halides is 3. The van der Waals surface area contributed by atoms with Crippen molar-refractivity contribution in [3.8, 4) is 16.9 Å². The number of aromatic nitrogens is 3. The first-order chi connectivity index (χ1) is 24.0. The van der Waals surface area contributed by atoms with Crippen LogP contribution in [-0.4, -0.2) is 76.3 Å². The molecule has 0 amide bonds. The van der Waals surface area contributed by atoms with Gasteiger partial charge in [-0.2, -0.15) is 18.3 Å². The number of benzene rings is 3. The number of para-hydroxylation sites is 1. The Hall–Kier alpha value is -4.39. The highest BCUT2D eigenvalue weighted by atomic mass is 19.4. The van der Waals surface area contributed by atoms with Gasteiger partial charge in [0.2, 0.25) is 0 Å². The van der Waals surface area contributed by atoms with E-state index in [1.807, 2.05) is 72.3 Å². The lowest BCUT2D eigenvalue weighted by Crippen LogP contribution is -2.28. The van der Waals surface area contributed by atoms with Gasteiger partial charge in [0.1, 0.15) is 11.4 Å². The Morgan fingerprint density at radius 3 is 2.40 bits per heavy atom. The Labute approximate surface area is 291 Å². The summed E-state index contributed by atoms with van der Waals surface area (Å²) in [7, 11) is 3.78. The smallest absolute Gasteiger partial charge is 0.401 e. The van der Waals surface area contributed by atoms with Crippen LogP contribution in [0.2, 0.25) is 0 Å². The monoisotopic (exact) mass is 692 g/mol. The van der Waals surface area contributed by atoms with E-state index in [-0.39, 0.29) is 12.2 Å². The van der Waals surface area contributed by atoms with E-state index in [0.717, 1.165) is 69.3 Å². The summed E-state index contributed by atoms with van der Waals surface area (Å²) in [4.78, 5) is 15.0. The van der Waals surface area contributed by atoms with Crippen molar-refractivity contribution in [2.75, 3.05) is 39.8 Å². The minimum atomic E-state index is -4.35. The summed E-state index contributed by atoms with van der Waals surface area (Å²) in [5.41, 5.74) is 4.63. The minimum absolute atomic E-state index is 0.0757. The number of halogens is 3. The van der Waals surface area contributed by atoms with E-state index < -0.39 is 18.7 Å². The van der Waals surface area contributed by atoms with Crippen LogP contribution in [0.4, 0.5) is 13.2 Å². The molecule has 1 aliphatic heterocycles. The molecule has 2 aromatic heterocycles. The first-order valence-electron chi connectivity index (χ1n) is 17.2. The lowest BCUT2D eigenvalue weighted by Gasteiger charge is -2.21. The zero-order valence-electron chi connectivity index (χ0n) is 29.2. The average Bonchev–Trinajstić information content (AvgIpc) is 3.56. The third-order valence-corrected chi connectivity index (χ3v) is 8.93. The van der Waals surface area contributed by atoms with Crippen molar-refractivity contribution in [3.05, 3.63) is 83.3 Å². The van der Waals surface area contributed by atoms with Gasteiger partial charge in [-0.05, 0) is 63.0 Å². The van der Waals surface area contributed by atoms with Crippen LogP contribution >= 0.6 is 0 Å². The summed E-state index contributed by atoms with van der Waals surface area (Å²) in [5.74, 6) is -0.222. The summed E-state index contributed by atoms with van der Waals surface area (Å²) in [6, 6.07) is 19.7. The molecule has 0 bridgehead atoms. The third-order valence-electron chi connectivity index (χ3n) is 8.93. The van der Waals surface area contributed by atoms with Crippen molar-refractivity contribution in [3.63, 3.8) is 0 Å². The van der Waals surface area contributed by atoms with Gasteiger partial charge in [0.25, 0.3) is 0 Å². The van der Waals surface area contributed by atoms with Gasteiger partial charge in [-0.25, -0.2) is 4.79 Å². The Morgan fingerprint density at radius 2 is 1.68 bits per heavy atom. The highest BCUT2D eigenvalue weighted by molar-refractivity contribution is 6.04. The summed E-state index contributed by atoms with van der Waals surface area (Å²) in [5, 5.41) is 23.7. The number of ether oxygens (including phenoxy) is 1. The van der Waals surface area contributed by atoms with E-state index in [4.69, 9.17) is 4.74 Å². The van der Waals surface area contributed by atoms with Crippen LogP contribution in [0.1, 0.15) is 54.1 Å². The van der Waals surface area contributed by atoms with Gasteiger partial charge in [0.15, 0.2) is 0 Å². The molecule has 0 spiro atoms. The predicted molar refractivity (Wildman–Crippen MR) is 192 cm³/mol. The van der Waals surface area contributed by atoms with Gasteiger partial charge >= 0.3 is 12.1 Å². The van der Waals surface area contributed by atoms with Gasteiger partial charge in [0, 0.05) is 48.6 Å². The summed E-state index contributed by atoms with van der Waals surface area (Å²) < 4.78 is 48.8. The molecule has 0 atom stereocenters. The second-order valence-electron chi connectivity index (χ2n) is 12.6. The van der Waals surface area contributed by atoms with Crippen LogP contribution in [0.3, 0.4) is 0 Å². The van der Waals surface area contributed by atoms with E-state index >= 15 is 0 Å². The summed E-state index contributed by atoms with van der Waals surface area (Å²) in [6.45, 7) is 7.34. The number of fused-ring (bicyclic) bond motifs is 3. The summed E-state index contributed by atoms with van der Waals surface area (Å²) in [6.07, 6.45) is -2.54. The molecular formula is C38H47F3N6O3. The first kappa shape index (κ1) is 36.9. The molecule has 5 aromatic rings. The maximum absolute atomic E-state index is 13.0. The Bertz CT molecular complexity index is 1910. The fraction of sp³-hybridized carbons (Fsp3) is 0.421. The number of aryl methyl sites for hydroxylation is 3. The highest BCUT2D eigenvalue weighted by Gasteiger charge is 2.30. The topological polar surface area (TPSA) is 96.6 Å². The SMILES string of the molecule is CCNCC.CN1CCCn2c(C(=O)O)c(CCCOc3cccc4ccccc34)c3cccc(c32)-c2c(CNCC(F)(F)F)nn(C)c2C1. The molecule has 0 radical (unpaired) electrons. The number of rotatable bonds is 11. The van der Waals surface area contributed by atoms with E-state index in [0.29, 0.717) is 44.8 Å². The molecule has 3 aromatic carbocycles. The molecule has 1 aliphatic rings. The van der Waals surface area contributed by atoms with Crippen molar-refractivity contribution < 1.29 is 27.8 Å². The number of hydrogen-bond acceptors (Lipinski definition) is 6. The van der Waals surface area contributed by atoms with E-state index in [2.05, 4.69) is 34.5 Å².